The smallest absolute Gasteiger partial charge is 0.244 e. The zero-order chi connectivity index (χ0) is 19.5. The van der Waals surface area contributed by atoms with Crippen molar-refractivity contribution < 1.29 is 14.3 Å². The zero-order valence-electron chi connectivity index (χ0n) is 15.9. The van der Waals surface area contributed by atoms with Gasteiger partial charge in [0.1, 0.15) is 12.3 Å². The van der Waals surface area contributed by atoms with E-state index in [4.69, 9.17) is 9.73 Å². The molecule has 1 fully saturated rings. The van der Waals surface area contributed by atoms with Crippen LogP contribution < -0.4 is 15.0 Å². The van der Waals surface area contributed by atoms with Crippen LogP contribution in [0.3, 0.4) is 0 Å². The number of nitrogens with one attached hydrogen (secondary N) is 1. The second-order valence-electron chi connectivity index (χ2n) is 6.97. The Morgan fingerprint density at radius 3 is 2.79 bits per heavy atom. The Hall–Kier alpha value is -3.15. The molecule has 6 nitrogen and oxygen atoms in total. The molecule has 1 heterocycles. The van der Waals surface area contributed by atoms with Crippen LogP contribution in [0.15, 0.2) is 53.5 Å². The lowest BCUT2D eigenvalue weighted by molar-refractivity contribution is -0.122. The molecule has 144 valence electrons. The Labute approximate surface area is 164 Å². The van der Waals surface area contributed by atoms with Crippen molar-refractivity contribution in [3.8, 4) is 5.75 Å². The summed E-state index contributed by atoms with van der Waals surface area (Å²) in [5, 5.41) is 2.86. The Morgan fingerprint density at radius 1 is 1.21 bits per heavy atom. The Kier molecular flexibility index (Phi) is 5.10. The van der Waals surface area contributed by atoms with Gasteiger partial charge in [-0.1, -0.05) is 12.1 Å². The Bertz CT molecular complexity index is 921. The first kappa shape index (κ1) is 18.2. The minimum Gasteiger partial charge on any atom is -0.494 e. The predicted molar refractivity (Wildman–Crippen MR) is 109 cm³/mol. The highest BCUT2D eigenvalue weighted by Crippen LogP contribution is 2.37. The normalized spacial score (nSPS) is 18.0. The van der Waals surface area contributed by atoms with Crippen molar-refractivity contribution in [2.75, 3.05) is 23.4 Å². The number of carbonyl (C=O) groups is 2. The molecule has 1 atom stereocenters. The molecule has 2 aromatic rings. The van der Waals surface area contributed by atoms with E-state index in [0.717, 1.165) is 36.4 Å². The average Bonchev–Trinajstić information content (AvgIpc) is 3.12. The van der Waals surface area contributed by atoms with Gasteiger partial charge < -0.3 is 15.0 Å². The second-order valence-corrected chi connectivity index (χ2v) is 6.97. The number of fused-ring (bicyclic) bond motifs is 2. The Balaban J connectivity index is 1.53. The van der Waals surface area contributed by atoms with Crippen molar-refractivity contribution in [1.29, 1.82) is 0 Å². The number of hydrogen-bond donors (Lipinski definition) is 1. The van der Waals surface area contributed by atoms with Crippen LogP contribution in [0.1, 0.15) is 26.2 Å². The third-order valence-electron chi connectivity index (χ3n) is 5.08. The maximum atomic E-state index is 13.1. The molecule has 2 aromatic carbocycles. The van der Waals surface area contributed by atoms with Crippen molar-refractivity contribution in [1.82, 2.24) is 0 Å². The number of anilines is 2. The summed E-state index contributed by atoms with van der Waals surface area (Å²) in [4.78, 5) is 32.1. The van der Waals surface area contributed by atoms with E-state index in [-0.39, 0.29) is 24.3 Å². The van der Waals surface area contributed by atoms with E-state index in [1.54, 1.807) is 17.0 Å². The average molecular weight is 377 g/mol. The summed E-state index contributed by atoms with van der Waals surface area (Å²) in [5.74, 6) is 0.255. The molecule has 0 aromatic heterocycles. The van der Waals surface area contributed by atoms with Gasteiger partial charge in [-0.25, -0.2) is 0 Å². The van der Waals surface area contributed by atoms with Crippen LogP contribution in [0, 0.1) is 5.92 Å². The monoisotopic (exact) mass is 377 g/mol. The molecule has 4 rings (SSSR count). The van der Waals surface area contributed by atoms with E-state index in [0.29, 0.717) is 18.0 Å². The van der Waals surface area contributed by atoms with E-state index in [1.165, 1.54) is 0 Å². The van der Waals surface area contributed by atoms with Gasteiger partial charge in [0.25, 0.3) is 0 Å². The molecule has 0 spiro atoms. The lowest BCUT2D eigenvalue weighted by Gasteiger charge is -2.24. The van der Waals surface area contributed by atoms with E-state index in [9.17, 15) is 9.59 Å². The first-order valence-electron chi connectivity index (χ1n) is 9.66. The van der Waals surface area contributed by atoms with Gasteiger partial charge in [0, 0.05) is 11.4 Å². The van der Waals surface area contributed by atoms with E-state index in [2.05, 4.69) is 5.32 Å². The van der Waals surface area contributed by atoms with E-state index < -0.39 is 0 Å². The minimum absolute atomic E-state index is 0.0388. The van der Waals surface area contributed by atoms with Crippen molar-refractivity contribution in [3.63, 3.8) is 0 Å². The van der Waals surface area contributed by atoms with Gasteiger partial charge in [-0.05, 0) is 62.6 Å². The molecule has 0 radical (unpaired) electrons. The quantitative estimate of drug-likeness (QED) is 0.858. The van der Waals surface area contributed by atoms with Crippen molar-refractivity contribution in [2.45, 2.75) is 26.2 Å². The number of rotatable bonds is 5. The molecule has 28 heavy (non-hydrogen) atoms. The van der Waals surface area contributed by atoms with Crippen LogP contribution in [0.2, 0.25) is 0 Å². The molecule has 1 N–H and O–H groups in total. The Morgan fingerprint density at radius 2 is 2.00 bits per heavy atom. The molecule has 0 saturated heterocycles. The summed E-state index contributed by atoms with van der Waals surface area (Å²) >= 11 is 0. The topological polar surface area (TPSA) is 71.0 Å². The maximum Gasteiger partial charge on any atom is 0.244 e. The lowest BCUT2D eigenvalue weighted by Crippen LogP contribution is -2.41. The standard InChI is InChI=1S/C22H23N3O3/c1-2-28-16-12-10-15(11-13-16)23-21(26)14-25-20-9-4-3-7-19(20)24-18-8-5-6-17(18)22(25)27/h3-4,7,9-13,17H,2,5-6,8,14H2,1H3,(H,23,26)/t17-/m0/s1. The third-order valence-corrected chi connectivity index (χ3v) is 5.08. The van der Waals surface area contributed by atoms with Crippen LogP contribution in [0.5, 0.6) is 5.75 Å². The number of amides is 2. The van der Waals surface area contributed by atoms with Crippen LogP contribution in [0.25, 0.3) is 0 Å². The molecular formula is C22H23N3O3. The number of hydrogen-bond acceptors (Lipinski definition) is 4. The number of carbonyl (C=O) groups excluding carboxylic acids is 2. The van der Waals surface area contributed by atoms with Crippen molar-refractivity contribution in [2.24, 2.45) is 10.9 Å². The number of aliphatic imine (C=N–C) groups is 1. The molecule has 1 aliphatic heterocycles. The zero-order valence-corrected chi connectivity index (χ0v) is 15.9. The lowest BCUT2D eigenvalue weighted by atomic mass is 10.1. The number of para-hydroxylation sites is 2. The summed E-state index contributed by atoms with van der Waals surface area (Å²) in [6, 6.07) is 14.7. The molecule has 2 aliphatic rings. The minimum atomic E-state index is -0.242. The van der Waals surface area contributed by atoms with Crippen molar-refractivity contribution in [3.05, 3.63) is 48.5 Å². The molecule has 1 saturated carbocycles. The summed E-state index contributed by atoms with van der Waals surface area (Å²) in [7, 11) is 0. The van der Waals surface area contributed by atoms with Gasteiger partial charge in [-0.15, -0.1) is 0 Å². The fourth-order valence-corrected chi connectivity index (χ4v) is 3.78. The van der Waals surface area contributed by atoms with Crippen LogP contribution >= 0.6 is 0 Å². The SMILES string of the molecule is CCOc1ccc(NC(=O)CN2C(=O)[C@H]3CCCC3=Nc3ccccc32)cc1. The molecule has 6 heteroatoms. The summed E-state index contributed by atoms with van der Waals surface area (Å²) in [6.45, 7) is 2.47. The maximum absolute atomic E-state index is 13.1. The van der Waals surface area contributed by atoms with Gasteiger partial charge in [-0.3, -0.25) is 14.6 Å². The van der Waals surface area contributed by atoms with Gasteiger partial charge in [0.2, 0.25) is 11.8 Å². The molecule has 1 aliphatic carbocycles. The fourth-order valence-electron chi connectivity index (χ4n) is 3.78. The van der Waals surface area contributed by atoms with Crippen LogP contribution in [-0.4, -0.2) is 30.7 Å². The largest absolute Gasteiger partial charge is 0.494 e. The van der Waals surface area contributed by atoms with E-state index >= 15 is 0 Å². The summed E-state index contributed by atoms with van der Waals surface area (Å²) < 4.78 is 5.42. The highest BCUT2D eigenvalue weighted by Gasteiger charge is 2.37. The summed E-state index contributed by atoms with van der Waals surface area (Å²) in [5.41, 5.74) is 3.05. The van der Waals surface area contributed by atoms with E-state index in [1.807, 2.05) is 43.3 Å². The van der Waals surface area contributed by atoms with Gasteiger partial charge in [0.05, 0.1) is 23.9 Å². The van der Waals surface area contributed by atoms with Gasteiger partial charge in [-0.2, -0.15) is 0 Å². The van der Waals surface area contributed by atoms with Crippen LogP contribution in [-0.2, 0) is 9.59 Å². The number of nitrogens with zero attached hydrogens (tertiary/aromatic N) is 2. The number of ether oxygens (including phenoxy) is 1. The first-order valence-corrected chi connectivity index (χ1v) is 9.66. The first-order chi connectivity index (χ1) is 13.7. The fraction of sp³-hybridized carbons (Fsp3) is 0.318. The van der Waals surface area contributed by atoms with Gasteiger partial charge in [0.15, 0.2) is 0 Å². The molecule has 0 bridgehead atoms. The van der Waals surface area contributed by atoms with Crippen molar-refractivity contribution >= 4 is 34.6 Å². The van der Waals surface area contributed by atoms with Gasteiger partial charge >= 0.3 is 0 Å². The predicted octanol–water partition coefficient (Wildman–Crippen LogP) is 3.94. The highest BCUT2D eigenvalue weighted by molar-refractivity contribution is 6.16. The molecule has 2 amide bonds. The molecular weight excluding hydrogens is 354 g/mol. The molecule has 0 unspecified atom stereocenters. The third kappa shape index (κ3) is 3.63. The van der Waals surface area contributed by atoms with Crippen LogP contribution in [0.4, 0.5) is 17.1 Å². The number of benzene rings is 2. The highest BCUT2D eigenvalue weighted by atomic mass is 16.5. The summed E-state index contributed by atoms with van der Waals surface area (Å²) in [6.07, 6.45) is 2.60. The second kappa shape index (κ2) is 7.84.